The van der Waals surface area contributed by atoms with E-state index in [0.29, 0.717) is 5.69 Å². The topological polar surface area (TPSA) is 83.6 Å². The van der Waals surface area contributed by atoms with Crippen LogP contribution in [0.2, 0.25) is 0 Å². The molecule has 1 aliphatic rings. The standard InChI is InChI=1S/C14H14N2O4S/c17-13-11(15-10-4-2-1-3-5-10)12(14(13)18)16-6-8-21(19,20)9-7-16/h1-5,15H,6-9H2. The van der Waals surface area contributed by atoms with Gasteiger partial charge in [0, 0.05) is 18.8 Å². The number of hydrogen-bond donors (Lipinski definition) is 1. The molecular weight excluding hydrogens is 292 g/mol. The zero-order valence-corrected chi connectivity index (χ0v) is 12.0. The minimum absolute atomic E-state index is 0.0105. The molecule has 1 N–H and O–H groups in total. The molecule has 0 bridgehead atoms. The second-order valence-electron chi connectivity index (χ2n) is 5.01. The summed E-state index contributed by atoms with van der Waals surface area (Å²) in [6, 6.07) is 9.08. The molecule has 0 aliphatic carbocycles. The molecule has 6 nitrogen and oxygen atoms in total. The van der Waals surface area contributed by atoms with Crippen LogP contribution in [0.4, 0.5) is 17.1 Å². The minimum atomic E-state index is -3.02. The molecule has 2 aromatic carbocycles. The monoisotopic (exact) mass is 306 g/mol. The van der Waals surface area contributed by atoms with Crippen molar-refractivity contribution in [2.45, 2.75) is 0 Å². The van der Waals surface area contributed by atoms with Gasteiger partial charge in [-0.25, -0.2) is 8.42 Å². The van der Waals surface area contributed by atoms with E-state index in [1.165, 1.54) is 0 Å². The zero-order chi connectivity index (χ0) is 15.0. The molecule has 110 valence electrons. The number of nitrogens with one attached hydrogen (secondary N) is 1. The van der Waals surface area contributed by atoms with Crippen LogP contribution in [0.15, 0.2) is 39.9 Å². The molecule has 2 aromatic rings. The third-order valence-electron chi connectivity index (χ3n) is 3.59. The predicted octanol–water partition coefficient (Wildman–Crippen LogP) is 0.261. The lowest BCUT2D eigenvalue weighted by molar-refractivity contribution is 0.586. The summed E-state index contributed by atoms with van der Waals surface area (Å²) in [5.41, 5.74) is 0.176. The lowest BCUT2D eigenvalue weighted by Gasteiger charge is -2.30. The number of benzene rings is 1. The SMILES string of the molecule is O=c1c(Nc2ccccc2)c(N2CCS(=O)(=O)CC2)c1=O. The van der Waals surface area contributed by atoms with E-state index in [2.05, 4.69) is 5.32 Å². The molecule has 1 saturated heterocycles. The molecule has 1 fully saturated rings. The van der Waals surface area contributed by atoms with Gasteiger partial charge in [0.25, 0.3) is 10.9 Å². The van der Waals surface area contributed by atoms with Gasteiger partial charge in [0.15, 0.2) is 9.84 Å². The Bertz CT molecular complexity index is 822. The first-order valence-corrected chi connectivity index (χ1v) is 8.41. The molecule has 0 aromatic heterocycles. The molecule has 0 amide bonds. The van der Waals surface area contributed by atoms with Gasteiger partial charge in [-0.05, 0) is 12.1 Å². The number of anilines is 3. The average Bonchev–Trinajstić information content (AvgIpc) is 2.49. The average molecular weight is 306 g/mol. The third kappa shape index (κ3) is 2.56. The van der Waals surface area contributed by atoms with Gasteiger partial charge in [-0.2, -0.15) is 0 Å². The van der Waals surface area contributed by atoms with Crippen molar-refractivity contribution in [3.8, 4) is 0 Å². The van der Waals surface area contributed by atoms with E-state index in [9.17, 15) is 18.0 Å². The summed E-state index contributed by atoms with van der Waals surface area (Å²) in [5, 5.41) is 2.94. The van der Waals surface area contributed by atoms with Crippen molar-refractivity contribution >= 4 is 26.9 Å². The van der Waals surface area contributed by atoms with Crippen LogP contribution in [-0.4, -0.2) is 33.0 Å². The van der Waals surface area contributed by atoms with Gasteiger partial charge < -0.3 is 10.2 Å². The van der Waals surface area contributed by atoms with Crippen molar-refractivity contribution in [3.05, 3.63) is 50.8 Å². The number of rotatable bonds is 3. The number of hydrogen-bond acceptors (Lipinski definition) is 6. The van der Waals surface area contributed by atoms with Crippen molar-refractivity contribution in [3.63, 3.8) is 0 Å². The largest absolute Gasteiger partial charge is 0.364 e. The van der Waals surface area contributed by atoms with Gasteiger partial charge in [-0.1, -0.05) is 18.2 Å². The summed E-state index contributed by atoms with van der Waals surface area (Å²) in [7, 11) is -3.02. The highest BCUT2D eigenvalue weighted by Crippen LogP contribution is 2.25. The summed E-state index contributed by atoms with van der Waals surface area (Å²) in [6.45, 7) is 0.493. The van der Waals surface area contributed by atoms with Crippen LogP contribution in [-0.2, 0) is 9.84 Å². The number of sulfone groups is 1. The maximum Gasteiger partial charge on any atom is 0.253 e. The molecule has 0 atom stereocenters. The van der Waals surface area contributed by atoms with Crippen molar-refractivity contribution in [1.82, 2.24) is 0 Å². The molecule has 0 radical (unpaired) electrons. The van der Waals surface area contributed by atoms with Crippen LogP contribution in [0.5, 0.6) is 0 Å². The Labute approximate surface area is 121 Å². The molecule has 3 rings (SSSR count). The lowest BCUT2D eigenvalue weighted by Crippen LogP contribution is -2.48. The molecule has 1 aliphatic heterocycles. The lowest BCUT2D eigenvalue weighted by atomic mass is 10.1. The Morgan fingerprint density at radius 1 is 0.952 bits per heavy atom. The van der Waals surface area contributed by atoms with Crippen molar-refractivity contribution < 1.29 is 8.42 Å². The van der Waals surface area contributed by atoms with Crippen LogP contribution >= 0.6 is 0 Å². The van der Waals surface area contributed by atoms with E-state index >= 15 is 0 Å². The molecule has 21 heavy (non-hydrogen) atoms. The summed E-state index contributed by atoms with van der Waals surface area (Å²) in [5.74, 6) is 0.0210. The first-order chi connectivity index (χ1) is 9.98. The van der Waals surface area contributed by atoms with Crippen molar-refractivity contribution in [2.75, 3.05) is 34.8 Å². The molecule has 0 unspecified atom stereocenters. The number of nitrogens with zero attached hydrogens (tertiary/aromatic N) is 1. The van der Waals surface area contributed by atoms with Gasteiger partial charge in [0.05, 0.1) is 11.5 Å². The molecule has 1 heterocycles. The second-order valence-corrected chi connectivity index (χ2v) is 7.32. The summed E-state index contributed by atoms with van der Waals surface area (Å²) in [6.07, 6.45) is 0. The Hall–Kier alpha value is -2.15. The molecular formula is C14H14N2O4S. The van der Waals surface area contributed by atoms with Gasteiger partial charge in [-0.3, -0.25) is 9.59 Å². The summed E-state index contributed by atoms with van der Waals surface area (Å²) < 4.78 is 22.9. The second kappa shape index (κ2) is 5.00. The highest BCUT2D eigenvalue weighted by Gasteiger charge is 2.30. The van der Waals surface area contributed by atoms with Crippen LogP contribution in [0, 0.1) is 0 Å². The van der Waals surface area contributed by atoms with Gasteiger partial charge in [-0.15, -0.1) is 0 Å². The Balaban J connectivity index is 1.86. The fourth-order valence-corrected chi connectivity index (χ4v) is 3.60. The van der Waals surface area contributed by atoms with Gasteiger partial charge in [0.1, 0.15) is 11.4 Å². The third-order valence-corrected chi connectivity index (χ3v) is 5.20. The number of para-hydroxylation sites is 1. The van der Waals surface area contributed by atoms with Crippen LogP contribution < -0.4 is 21.1 Å². The quantitative estimate of drug-likeness (QED) is 0.819. The van der Waals surface area contributed by atoms with E-state index in [-0.39, 0.29) is 30.3 Å². The van der Waals surface area contributed by atoms with Gasteiger partial charge in [0.2, 0.25) is 0 Å². The molecule has 7 heteroatoms. The van der Waals surface area contributed by atoms with Crippen LogP contribution in [0.25, 0.3) is 0 Å². The molecule has 0 spiro atoms. The minimum Gasteiger partial charge on any atom is -0.364 e. The summed E-state index contributed by atoms with van der Waals surface area (Å²) in [4.78, 5) is 25.2. The maximum absolute atomic E-state index is 11.8. The van der Waals surface area contributed by atoms with E-state index in [4.69, 9.17) is 0 Å². The van der Waals surface area contributed by atoms with Crippen LogP contribution in [0.3, 0.4) is 0 Å². The van der Waals surface area contributed by atoms with E-state index < -0.39 is 20.7 Å². The predicted molar refractivity (Wildman–Crippen MR) is 81.9 cm³/mol. The Morgan fingerprint density at radius 2 is 1.57 bits per heavy atom. The fraction of sp³-hybridized carbons (Fsp3) is 0.286. The first kappa shape index (κ1) is 13.8. The van der Waals surface area contributed by atoms with E-state index in [0.717, 1.165) is 5.69 Å². The zero-order valence-electron chi connectivity index (χ0n) is 11.2. The summed E-state index contributed by atoms with van der Waals surface area (Å²) >= 11 is 0. The van der Waals surface area contributed by atoms with E-state index in [1.54, 1.807) is 17.0 Å². The van der Waals surface area contributed by atoms with Gasteiger partial charge >= 0.3 is 0 Å². The van der Waals surface area contributed by atoms with E-state index in [1.807, 2.05) is 18.2 Å². The maximum atomic E-state index is 11.8. The highest BCUT2D eigenvalue weighted by molar-refractivity contribution is 7.91. The Morgan fingerprint density at radius 3 is 2.19 bits per heavy atom. The molecule has 0 saturated carbocycles. The van der Waals surface area contributed by atoms with Crippen molar-refractivity contribution in [2.24, 2.45) is 0 Å². The Kier molecular flexibility index (Phi) is 3.29. The first-order valence-electron chi connectivity index (χ1n) is 6.59. The van der Waals surface area contributed by atoms with Crippen LogP contribution in [0.1, 0.15) is 0 Å². The fourth-order valence-electron chi connectivity index (χ4n) is 2.40. The normalized spacial score (nSPS) is 17.8. The highest BCUT2D eigenvalue weighted by atomic mass is 32.2. The smallest absolute Gasteiger partial charge is 0.253 e. The van der Waals surface area contributed by atoms with Crippen molar-refractivity contribution in [1.29, 1.82) is 0 Å².